The summed E-state index contributed by atoms with van der Waals surface area (Å²) in [4.78, 5) is 0. The summed E-state index contributed by atoms with van der Waals surface area (Å²) in [6.07, 6.45) is 2.42. The molecular formula is C7H11BrF2. The van der Waals surface area contributed by atoms with Gasteiger partial charge in [0.05, 0.1) is 0 Å². The smallest absolute Gasteiger partial charge is 0.207 e. The number of hydrogen-bond acceptors (Lipinski definition) is 0. The Bertz CT molecular complexity index is 114. The van der Waals surface area contributed by atoms with Gasteiger partial charge in [0, 0.05) is 17.7 Å². The van der Waals surface area contributed by atoms with Crippen molar-refractivity contribution in [2.75, 3.05) is 5.33 Å². The number of rotatable bonds is 1. The first-order chi connectivity index (χ1) is 4.67. The maximum Gasteiger partial charge on any atom is 0.251 e. The van der Waals surface area contributed by atoms with E-state index in [0.29, 0.717) is 18.2 Å². The third kappa shape index (κ3) is 1.68. The van der Waals surface area contributed by atoms with E-state index < -0.39 is 11.8 Å². The van der Waals surface area contributed by atoms with Crippen molar-refractivity contribution in [1.29, 1.82) is 0 Å². The third-order valence-electron chi connectivity index (χ3n) is 2.10. The number of halogens is 3. The van der Waals surface area contributed by atoms with Crippen molar-refractivity contribution in [2.45, 2.75) is 31.6 Å². The lowest BCUT2D eigenvalue weighted by atomic mass is 9.87. The molecule has 0 unspecified atom stereocenters. The van der Waals surface area contributed by atoms with Gasteiger partial charge < -0.3 is 0 Å². The first-order valence-corrected chi connectivity index (χ1v) is 4.73. The quantitative estimate of drug-likeness (QED) is 0.586. The summed E-state index contributed by atoms with van der Waals surface area (Å²) < 4.78 is 25.7. The van der Waals surface area contributed by atoms with Crippen LogP contribution in [0.15, 0.2) is 0 Å². The fourth-order valence-corrected chi connectivity index (χ4v) is 2.15. The van der Waals surface area contributed by atoms with Crippen LogP contribution in [-0.4, -0.2) is 11.3 Å². The van der Waals surface area contributed by atoms with Crippen LogP contribution in [0.2, 0.25) is 0 Å². The first-order valence-electron chi connectivity index (χ1n) is 3.60. The van der Waals surface area contributed by atoms with Crippen molar-refractivity contribution in [2.24, 2.45) is 5.92 Å². The Morgan fingerprint density at radius 1 is 1.40 bits per heavy atom. The molecule has 0 saturated heterocycles. The molecule has 0 amide bonds. The SMILES string of the molecule is FC1(F)CCCC[C@@H]1CBr. The van der Waals surface area contributed by atoms with Gasteiger partial charge in [-0.3, -0.25) is 0 Å². The van der Waals surface area contributed by atoms with Gasteiger partial charge in [-0.2, -0.15) is 0 Å². The Morgan fingerprint density at radius 3 is 2.50 bits per heavy atom. The highest BCUT2D eigenvalue weighted by Gasteiger charge is 2.40. The van der Waals surface area contributed by atoms with Crippen molar-refractivity contribution >= 4 is 15.9 Å². The second-order valence-corrected chi connectivity index (χ2v) is 3.51. The molecule has 0 aromatic carbocycles. The number of hydrogen-bond donors (Lipinski definition) is 0. The van der Waals surface area contributed by atoms with Gasteiger partial charge >= 0.3 is 0 Å². The molecule has 10 heavy (non-hydrogen) atoms. The topological polar surface area (TPSA) is 0 Å². The standard InChI is InChI=1S/C7H11BrF2/c8-5-6-3-1-2-4-7(6,9)10/h6H,1-5H2/t6-/m1/s1. The highest BCUT2D eigenvalue weighted by Crippen LogP contribution is 2.38. The van der Waals surface area contributed by atoms with E-state index in [1.165, 1.54) is 0 Å². The van der Waals surface area contributed by atoms with Crippen LogP contribution in [0.25, 0.3) is 0 Å². The minimum absolute atomic E-state index is 0.0866. The second kappa shape index (κ2) is 3.16. The summed E-state index contributed by atoms with van der Waals surface area (Å²) in [7, 11) is 0. The predicted molar refractivity (Wildman–Crippen MR) is 40.7 cm³/mol. The van der Waals surface area contributed by atoms with E-state index in [9.17, 15) is 8.78 Å². The van der Waals surface area contributed by atoms with E-state index in [1.807, 2.05) is 0 Å². The Hall–Kier alpha value is 0.340. The van der Waals surface area contributed by atoms with Crippen molar-refractivity contribution in [3.05, 3.63) is 0 Å². The van der Waals surface area contributed by atoms with Crippen LogP contribution in [0.4, 0.5) is 8.78 Å². The molecule has 0 aliphatic heterocycles. The zero-order valence-corrected chi connectivity index (χ0v) is 7.33. The van der Waals surface area contributed by atoms with Crippen LogP contribution in [-0.2, 0) is 0 Å². The van der Waals surface area contributed by atoms with E-state index in [4.69, 9.17) is 0 Å². The Morgan fingerprint density at radius 2 is 2.10 bits per heavy atom. The molecule has 0 aromatic heterocycles. The molecule has 0 spiro atoms. The van der Waals surface area contributed by atoms with Crippen LogP contribution in [0.3, 0.4) is 0 Å². The molecule has 0 heterocycles. The third-order valence-corrected chi connectivity index (χ3v) is 2.88. The van der Waals surface area contributed by atoms with Crippen molar-refractivity contribution in [3.63, 3.8) is 0 Å². The molecule has 0 nitrogen and oxygen atoms in total. The average molecular weight is 213 g/mol. The summed E-state index contributed by atoms with van der Waals surface area (Å²) >= 11 is 3.11. The van der Waals surface area contributed by atoms with Gasteiger partial charge in [-0.1, -0.05) is 22.4 Å². The Balaban J connectivity index is 2.51. The van der Waals surface area contributed by atoms with Gasteiger partial charge in [0.1, 0.15) is 0 Å². The lowest BCUT2D eigenvalue weighted by molar-refractivity contribution is -0.0760. The maximum atomic E-state index is 12.8. The molecule has 0 aromatic rings. The molecule has 0 bridgehead atoms. The minimum Gasteiger partial charge on any atom is -0.207 e. The first kappa shape index (κ1) is 8.44. The van der Waals surface area contributed by atoms with E-state index >= 15 is 0 Å². The molecule has 1 saturated carbocycles. The zero-order valence-electron chi connectivity index (χ0n) is 5.75. The van der Waals surface area contributed by atoms with Crippen LogP contribution in [0.5, 0.6) is 0 Å². The summed E-state index contributed by atoms with van der Waals surface area (Å²) in [6, 6.07) is 0. The van der Waals surface area contributed by atoms with Crippen molar-refractivity contribution < 1.29 is 8.78 Å². The molecule has 60 valence electrons. The Kier molecular flexibility index (Phi) is 2.67. The zero-order chi connectivity index (χ0) is 7.61. The molecular weight excluding hydrogens is 202 g/mol. The van der Waals surface area contributed by atoms with Crippen LogP contribution in [0, 0.1) is 5.92 Å². The highest BCUT2D eigenvalue weighted by molar-refractivity contribution is 9.09. The Labute approximate surface area is 68.1 Å². The van der Waals surface area contributed by atoms with Crippen molar-refractivity contribution in [1.82, 2.24) is 0 Å². The second-order valence-electron chi connectivity index (χ2n) is 2.86. The van der Waals surface area contributed by atoms with Crippen molar-refractivity contribution in [3.8, 4) is 0 Å². The highest BCUT2D eigenvalue weighted by atomic mass is 79.9. The van der Waals surface area contributed by atoms with Gasteiger partial charge in [-0.15, -0.1) is 0 Å². The summed E-state index contributed by atoms with van der Waals surface area (Å²) in [5, 5.41) is 0.444. The van der Waals surface area contributed by atoms with Gasteiger partial charge in [0.15, 0.2) is 0 Å². The molecule has 0 radical (unpaired) electrons. The van der Waals surface area contributed by atoms with Crippen LogP contribution < -0.4 is 0 Å². The largest absolute Gasteiger partial charge is 0.251 e. The summed E-state index contributed by atoms with van der Waals surface area (Å²) in [5.41, 5.74) is 0. The van der Waals surface area contributed by atoms with E-state index in [1.54, 1.807) is 0 Å². The summed E-state index contributed by atoms with van der Waals surface area (Å²) in [5.74, 6) is -2.82. The molecule has 1 fully saturated rings. The molecule has 1 atom stereocenters. The monoisotopic (exact) mass is 212 g/mol. The van der Waals surface area contributed by atoms with Crippen LogP contribution >= 0.6 is 15.9 Å². The van der Waals surface area contributed by atoms with E-state index in [0.717, 1.165) is 6.42 Å². The number of alkyl halides is 3. The van der Waals surface area contributed by atoms with Gasteiger partial charge in [-0.05, 0) is 12.8 Å². The fraction of sp³-hybridized carbons (Fsp3) is 1.00. The molecule has 3 heteroatoms. The fourth-order valence-electron chi connectivity index (χ4n) is 1.36. The molecule has 1 rings (SSSR count). The van der Waals surface area contributed by atoms with Crippen LogP contribution in [0.1, 0.15) is 25.7 Å². The van der Waals surface area contributed by atoms with E-state index in [2.05, 4.69) is 15.9 Å². The lowest BCUT2D eigenvalue weighted by Gasteiger charge is -2.29. The minimum atomic E-state index is -2.40. The van der Waals surface area contributed by atoms with Gasteiger partial charge in [0.25, 0.3) is 5.92 Å². The molecule has 1 aliphatic carbocycles. The molecule has 0 N–H and O–H groups in total. The molecule has 1 aliphatic rings. The van der Waals surface area contributed by atoms with E-state index in [-0.39, 0.29) is 6.42 Å². The summed E-state index contributed by atoms with van der Waals surface area (Å²) in [6.45, 7) is 0. The lowest BCUT2D eigenvalue weighted by Crippen LogP contribution is -2.32. The van der Waals surface area contributed by atoms with Gasteiger partial charge in [0.2, 0.25) is 0 Å². The maximum absolute atomic E-state index is 12.8. The van der Waals surface area contributed by atoms with Gasteiger partial charge in [-0.25, -0.2) is 8.78 Å². The average Bonchev–Trinajstić information content (AvgIpc) is 1.87. The predicted octanol–water partition coefficient (Wildman–Crippen LogP) is 3.21. The normalized spacial score (nSPS) is 32.1.